The molecular formula is C22H39N3O2. The van der Waals surface area contributed by atoms with Crippen LogP contribution in [0.15, 0.2) is 16.3 Å². The van der Waals surface area contributed by atoms with E-state index in [0.29, 0.717) is 19.7 Å². The van der Waals surface area contributed by atoms with Crippen molar-refractivity contribution < 1.29 is 9.53 Å². The maximum Gasteiger partial charge on any atom is 0.410 e. The van der Waals surface area contributed by atoms with E-state index in [0.717, 1.165) is 12.4 Å². The summed E-state index contributed by atoms with van der Waals surface area (Å²) in [5.41, 5.74) is 2.50. The van der Waals surface area contributed by atoms with Crippen LogP contribution in [0.4, 0.5) is 4.79 Å². The summed E-state index contributed by atoms with van der Waals surface area (Å²) in [6.07, 6.45) is -0.218. The Balaban J connectivity index is 2.62. The van der Waals surface area contributed by atoms with Crippen LogP contribution in [0.25, 0.3) is 0 Å². The highest BCUT2D eigenvalue weighted by Crippen LogP contribution is 2.45. The van der Waals surface area contributed by atoms with E-state index in [9.17, 15) is 4.79 Å². The average Bonchev–Trinajstić information content (AvgIpc) is 2.49. The SMILES string of the molecule is CCOC(=O)N1CCN2C(C(C)(C)C)=NC(C(C)(C)C)C(C(C)(C)C)=C2C1. The molecule has 0 saturated carbocycles. The molecule has 0 bridgehead atoms. The van der Waals surface area contributed by atoms with Crippen LogP contribution in [-0.4, -0.2) is 54.0 Å². The van der Waals surface area contributed by atoms with Crippen molar-refractivity contribution in [3.63, 3.8) is 0 Å². The maximum atomic E-state index is 12.4. The number of ether oxygens (including phenoxy) is 1. The van der Waals surface area contributed by atoms with Gasteiger partial charge in [-0.1, -0.05) is 62.3 Å². The zero-order valence-corrected chi connectivity index (χ0v) is 19.1. The van der Waals surface area contributed by atoms with Crippen LogP contribution >= 0.6 is 0 Å². The zero-order valence-electron chi connectivity index (χ0n) is 19.1. The minimum absolute atomic E-state index is 0.00437. The van der Waals surface area contributed by atoms with Gasteiger partial charge in [0, 0.05) is 24.2 Å². The van der Waals surface area contributed by atoms with Crippen molar-refractivity contribution in [3.05, 3.63) is 11.3 Å². The lowest BCUT2D eigenvalue weighted by atomic mass is 9.70. The number of hydrogen-bond acceptors (Lipinski definition) is 4. The summed E-state index contributed by atoms with van der Waals surface area (Å²) in [6.45, 7) is 24.5. The van der Waals surface area contributed by atoms with E-state index in [1.807, 2.05) is 11.8 Å². The van der Waals surface area contributed by atoms with E-state index in [-0.39, 0.29) is 28.4 Å². The van der Waals surface area contributed by atoms with Gasteiger partial charge in [-0.2, -0.15) is 0 Å². The summed E-state index contributed by atoms with van der Waals surface area (Å²) < 4.78 is 5.29. The van der Waals surface area contributed by atoms with Gasteiger partial charge in [-0.15, -0.1) is 0 Å². The predicted octanol–water partition coefficient (Wildman–Crippen LogP) is 4.93. The first-order chi connectivity index (χ1) is 12.2. The van der Waals surface area contributed by atoms with E-state index in [2.05, 4.69) is 67.2 Å². The normalized spacial score (nSPS) is 21.9. The highest BCUT2D eigenvalue weighted by molar-refractivity contribution is 5.90. The van der Waals surface area contributed by atoms with Gasteiger partial charge in [0.15, 0.2) is 0 Å². The number of piperazine rings is 1. The number of rotatable bonds is 1. The fourth-order valence-corrected chi connectivity index (χ4v) is 4.02. The van der Waals surface area contributed by atoms with E-state index in [4.69, 9.17) is 9.73 Å². The van der Waals surface area contributed by atoms with Crippen LogP contribution in [0, 0.1) is 16.2 Å². The molecule has 0 spiro atoms. The molecule has 0 radical (unpaired) electrons. The summed E-state index contributed by atoms with van der Waals surface area (Å²) in [7, 11) is 0. The van der Waals surface area contributed by atoms with Gasteiger partial charge in [-0.25, -0.2) is 4.79 Å². The molecule has 27 heavy (non-hydrogen) atoms. The fraction of sp³-hybridized carbons (Fsp3) is 0.818. The minimum Gasteiger partial charge on any atom is -0.450 e. The molecule has 2 heterocycles. The molecule has 5 nitrogen and oxygen atoms in total. The van der Waals surface area contributed by atoms with Crippen molar-refractivity contribution in [2.24, 2.45) is 21.2 Å². The molecule has 1 atom stereocenters. The maximum absolute atomic E-state index is 12.4. The van der Waals surface area contributed by atoms with Gasteiger partial charge in [-0.05, 0) is 23.3 Å². The number of amidine groups is 1. The summed E-state index contributed by atoms with van der Waals surface area (Å²) >= 11 is 0. The standard InChI is InChI=1S/C22H39N3O2/c1-11-27-19(26)24-12-13-25-15(14-24)16(20(2,3)4)17(21(5,6)7)23-18(25)22(8,9)10/h17H,11-14H2,1-10H3. The number of amides is 1. The lowest BCUT2D eigenvalue weighted by Gasteiger charge is -2.50. The summed E-state index contributed by atoms with van der Waals surface area (Å²) in [6, 6.07) is 0.0973. The smallest absolute Gasteiger partial charge is 0.410 e. The van der Waals surface area contributed by atoms with Crippen LogP contribution in [0.2, 0.25) is 0 Å². The Labute approximate surface area is 165 Å². The third-order valence-corrected chi connectivity index (χ3v) is 5.18. The zero-order chi connectivity index (χ0) is 20.8. The molecule has 2 aliphatic heterocycles. The second kappa shape index (κ2) is 7.14. The Morgan fingerprint density at radius 3 is 2.07 bits per heavy atom. The second-order valence-corrected chi connectivity index (χ2v) is 10.9. The van der Waals surface area contributed by atoms with Crippen molar-refractivity contribution in [3.8, 4) is 0 Å². The topological polar surface area (TPSA) is 45.1 Å². The first-order valence-corrected chi connectivity index (χ1v) is 10.2. The largest absolute Gasteiger partial charge is 0.450 e. The number of fused-ring (bicyclic) bond motifs is 1. The van der Waals surface area contributed by atoms with Crippen LogP contribution in [-0.2, 0) is 4.74 Å². The van der Waals surface area contributed by atoms with Crippen LogP contribution in [0.5, 0.6) is 0 Å². The van der Waals surface area contributed by atoms with Gasteiger partial charge in [0.25, 0.3) is 0 Å². The van der Waals surface area contributed by atoms with E-state index < -0.39 is 0 Å². The van der Waals surface area contributed by atoms with Gasteiger partial charge in [0.2, 0.25) is 0 Å². The summed E-state index contributed by atoms with van der Waals surface area (Å²) in [5.74, 6) is 1.13. The molecule has 0 aromatic carbocycles. The molecule has 5 heteroatoms. The van der Waals surface area contributed by atoms with Crippen molar-refractivity contribution in [1.29, 1.82) is 0 Å². The molecule has 0 N–H and O–H groups in total. The summed E-state index contributed by atoms with van der Waals surface area (Å²) in [4.78, 5) is 21.9. The number of hydrogen-bond donors (Lipinski definition) is 0. The van der Waals surface area contributed by atoms with Crippen LogP contribution in [0.3, 0.4) is 0 Å². The van der Waals surface area contributed by atoms with Crippen molar-refractivity contribution in [2.45, 2.75) is 75.3 Å². The Morgan fingerprint density at radius 1 is 1.04 bits per heavy atom. The highest BCUT2D eigenvalue weighted by Gasteiger charge is 2.45. The first kappa shape index (κ1) is 21.8. The highest BCUT2D eigenvalue weighted by atomic mass is 16.6. The molecule has 1 amide bonds. The Morgan fingerprint density at radius 2 is 1.63 bits per heavy atom. The number of carbonyl (C=O) groups is 1. The monoisotopic (exact) mass is 377 g/mol. The van der Waals surface area contributed by atoms with Gasteiger partial charge < -0.3 is 14.5 Å². The lowest BCUT2D eigenvalue weighted by Crippen LogP contribution is -2.56. The van der Waals surface area contributed by atoms with Crippen LogP contribution in [0.1, 0.15) is 69.2 Å². The van der Waals surface area contributed by atoms with E-state index in [1.54, 1.807) is 0 Å². The minimum atomic E-state index is -0.218. The van der Waals surface area contributed by atoms with Crippen molar-refractivity contribution in [1.82, 2.24) is 9.80 Å². The molecule has 154 valence electrons. The molecular weight excluding hydrogens is 338 g/mol. The third kappa shape index (κ3) is 4.49. The van der Waals surface area contributed by atoms with Crippen LogP contribution < -0.4 is 0 Å². The Bertz CT molecular complexity index is 642. The van der Waals surface area contributed by atoms with Gasteiger partial charge in [0.1, 0.15) is 5.84 Å². The Hall–Kier alpha value is -1.52. The molecule has 2 aliphatic rings. The molecule has 0 aliphatic carbocycles. The fourth-order valence-electron chi connectivity index (χ4n) is 4.02. The first-order valence-electron chi connectivity index (χ1n) is 10.2. The second-order valence-electron chi connectivity index (χ2n) is 10.9. The summed E-state index contributed by atoms with van der Waals surface area (Å²) in [5, 5.41) is 0. The predicted molar refractivity (Wildman–Crippen MR) is 112 cm³/mol. The molecule has 0 aromatic rings. The third-order valence-electron chi connectivity index (χ3n) is 5.18. The number of carbonyl (C=O) groups excluding carboxylic acids is 1. The Kier molecular flexibility index (Phi) is 5.76. The molecule has 1 unspecified atom stereocenters. The van der Waals surface area contributed by atoms with E-state index in [1.165, 1.54) is 11.3 Å². The molecule has 0 aromatic heterocycles. The van der Waals surface area contributed by atoms with Crippen molar-refractivity contribution >= 4 is 11.9 Å². The average molecular weight is 378 g/mol. The quantitative estimate of drug-likeness (QED) is 0.650. The van der Waals surface area contributed by atoms with E-state index >= 15 is 0 Å². The number of aliphatic imine (C=N–C) groups is 1. The molecule has 2 rings (SSSR count). The lowest BCUT2D eigenvalue weighted by molar-refractivity contribution is 0.0970. The van der Waals surface area contributed by atoms with Crippen molar-refractivity contribution in [2.75, 3.05) is 26.2 Å². The molecule has 1 saturated heterocycles. The van der Waals surface area contributed by atoms with Gasteiger partial charge in [-0.3, -0.25) is 4.99 Å². The number of nitrogens with zero attached hydrogens (tertiary/aromatic N) is 3. The molecule has 1 fully saturated rings. The van der Waals surface area contributed by atoms with Gasteiger partial charge in [0.05, 0.1) is 19.2 Å². The van der Waals surface area contributed by atoms with Gasteiger partial charge >= 0.3 is 6.09 Å².